The van der Waals surface area contributed by atoms with Gasteiger partial charge in [0.15, 0.2) is 0 Å². The van der Waals surface area contributed by atoms with Gasteiger partial charge in [-0.05, 0) is 24.3 Å². The molecule has 0 atom stereocenters. The molecule has 1 heterocycles. The molecule has 0 aliphatic carbocycles. The number of rotatable bonds is 10. The van der Waals surface area contributed by atoms with E-state index in [-0.39, 0.29) is 33.8 Å². The zero-order valence-corrected chi connectivity index (χ0v) is 23.1. The summed E-state index contributed by atoms with van der Waals surface area (Å²) in [6, 6.07) is 28.3. The Balaban J connectivity index is 1.84. The fourth-order valence-corrected chi connectivity index (χ4v) is 4.69. The van der Waals surface area contributed by atoms with E-state index in [4.69, 9.17) is 23.4 Å². The van der Waals surface area contributed by atoms with E-state index in [2.05, 4.69) is 0 Å². The van der Waals surface area contributed by atoms with Gasteiger partial charge >= 0.3 is 0 Å². The molecule has 0 unspecified atom stereocenters. The van der Waals surface area contributed by atoms with Crippen molar-refractivity contribution in [2.24, 2.45) is 0 Å². The summed E-state index contributed by atoms with van der Waals surface area (Å²) in [5.41, 5.74) is 2.01. The largest absolute Gasteiger partial charge is 0.497 e. The van der Waals surface area contributed by atoms with Crippen molar-refractivity contribution in [1.29, 1.82) is 0 Å². The van der Waals surface area contributed by atoms with Gasteiger partial charge in [0.25, 0.3) is 0 Å². The van der Waals surface area contributed by atoms with Crippen molar-refractivity contribution in [2.75, 3.05) is 28.4 Å². The Morgan fingerprint density at radius 1 is 0.512 bits per heavy atom. The lowest BCUT2D eigenvalue weighted by Gasteiger charge is -2.13. The number of furan rings is 1. The predicted octanol–water partition coefficient (Wildman–Crippen LogP) is 7.11. The fourth-order valence-electron chi connectivity index (χ4n) is 4.69. The van der Waals surface area contributed by atoms with Crippen LogP contribution < -0.4 is 18.9 Å². The molecule has 0 fully saturated rings. The summed E-state index contributed by atoms with van der Waals surface area (Å²) in [5.74, 6) is 1.31. The minimum atomic E-state index is -0.440. The van der Waals surface area contributed by atoms with E-state index in [1.807, 2.05) is 60.7 Å². The lowest BCUT2D eigenvalue weighted by Crippen LogP contribution is -2.13. The Hall–Kier alpha value is -5.30. The van der Waals surface area contributed by atoms with Crippen molar-refractivity contribution in [3.8, 4) is 45.6 Å². The highest BCUT2D eigenvalue weighted by Crippen LogP contribution is 2.42. The van der Waals surface area contributed by atoms with E-state index in [1.165, 1.54) is 28.4 Å². The van der Waals surface area contributed by atoms with Gasteiger partial charge in [0.05, 0.1) is 50.7 Å². The topological polar surface area (TPSA) is 84.2 Å². The molecule has 0 aliphatic rings. The summed E-state index contributed by atoms with van der Waals surface area (Å²) >= 11 is 0. The Morgan fingerprint density at radius 3 is 1.24 bits per heavy atom. The third kappa shape index (κ3) is 5.17. The standard InChI is InChI=1S/C34H28O7/c1-37-23-15-17-25(27(19-23)39-3)31(35)29-30(32(36)26-18-16-24(38-2)20-28(26)40-4)34(22-13-9-6-10-14-22)41-33(29)21-11-7-5-8-12-21/h5-20H,1-4H3. The van der Waals surface area contributed by atoms with Crippen molar-refractivity contribution in [1.82, 2.24) is 0 Å². The molecule has 0 aliphatic heterocycles. The second-order valence-corrected chi connectivity index (χ2v) is 9.03. The first-order valence-corrected chi connectivity index (χ1v) is 12.8. The molecule has 0 saturated heterocycles. The minimum Gasteiger partial charge on any atom is -0.497 e. The van der Waals surface area contributed by atoms with Crippen molar-refractivity contribution >= 4 is 11.6 Å². The first kappa shape index (κ1) is 27.3. The molecule has 7 nitrogen and oxygen atoms in total. The van der Waals surface area contributed by atoms with Crippen molar-refractivity contribution in [2.45, 2.75) is 0 Å². The summed E-state index contributed by atoms with van der Waals surface area (Å²) in [7, 11) is 6.02. The predicted molar refractivity (Wildman–Crippen MR) is 156 cm³/mol. The van der Waals surface area contributed by atoms with Gasteiger partial charge in [0, 0.05) is 23.3 Å². The highest BCUT2D eigenvalue weighted by Gasteiger charge is 2.34. The Bertz CT molecular complexity index is 1580. The van der Waals surface area contributed by atoms with Crippen LogP contribution in [0, 0.1) is 0 Å². The second-order valence-electron chi connectivity index (χ2n) is 9.03. The third-order valence-corrected chi connectivity index (χ3v) is 6.74. The van der Waals surface area contributed by atoms with Gasteiger partial charge in [0.1, 0.15) is 34.5 Å². The molecule has 0 bridgehead atoms. The molecule has 1 aromatic heterocycles. The van der Waals surface area contributed by atoms with E-state index in [0.29, 0.717) is 34.1 Å². The van der Waals surface area contributed by atoms with E-state index in [9.17, 15) is 9.59 Å². The van der Waals surface area contributed by atoms with Gasteiger partial charge in [-0.3, -0.25) is 9.59 Å². The first-order chi connectivity index (χ1) is 20.0. The molecule has 41 heavy (non-hydrogen) atoms. The number of hydrogen-bond donors (Lipinski definition) is 0. The molecule has 0 saturated carbocycles. The molecule has 4 aromatic carbocycles. The molecule has 5 aromatic rings. The quantitative estimate of drug-likeness (QED) is 0.172. The zero-order valence-electron chi connectivity index (χ0n) is 23.1. The summed E-state index contributed by atoms with van der Waals surface area (Å²) in [6.07, 6.45) is 0. The molecule has 0 amide bonds. The van der Waals surface area contributed by atoms with Crippen molar-refractivity contribution < 1.29 is 33.0 Å². The van der Waals surface area contributed by atoms with Gasteiger partial charge in [-0.2, -0.15) is 0 Å². The number of methoxy groups -OCH3 is 4. The van der Waals surface area contributed by atoms with Gasteiger partial charge in [-0.15, -0.1) is 0 Å². The molecule has 0 radical (unpaired) electrons. The minimum absolute atomic E-state index is 0.112. The van der Waals surface area contributed by atoms with Crippen LogP contribution in [0.25, 0.3) is 22.6 Å². The van der Waals surface area contributed by atoms with Crippen LogP contribution in [0.1, 0.15) is 31.8 Å². The van der Waals surface area contributed by atoms with Gasteiger partial charge in [-0.1, -0.05) is 60.7 Å². The van der Waals surface area contributed by atoms with Crippen LogP contribution in [0.2, 0.25) is 0 Å². The monoisotopic (exact) mass is 548 g/mol. The average Bonchev–Trinajstić information content (AvgIpc) is 3.45. The Morgan fingerprint density at radius 2 is 0.902 bits per heavy atom. The van der Waals surface area contributed by atoms with Crippen LogP contribution in [0.15, 0.2) is 101 Å². The normalized spacial score (nSPS) is 10.6. The van der Waals surface area contributed by atoms with Crippen molar-refractivity contribution in [3.63, 3.8) is 0 Å². The summed E-state index contributed by atoms with van der Waals surface area (Å²) in [5, 5.41) is 0. The molecule has 7 heteroatoms. The highest BCUT2D eigenvalue weighted by atomic mass is 16.5. The molecule has 0 spiro atoms. The van der Waals surface area contributed by atoms with Crippen LogP contribution in [-0.2, 0) is 0 Å². The number of hydrogen-bond acceptors (Lipinski definition) is 7. The van der Waals surface area contributed by atoms with Crippen LogP contribution in [0.3, 0.4) is 0 Å². The first-order valence-electron chi connectivity index (χ1n) is 12.8. The van der Waals surface area contributed by atoms with Gasteiger partial charge < -0.3 is 23.4 Å². The molecular weight excluding hydrogens is 520 g/mol. The molecule has 206 valence electrons. The van der Waals surface area contributed by atoms with Gasteiger partial charge in [0.2, 0.25) is 11.6 Å². The highest BCUT2D eigenvalue weighted by molar-refractivity contribution is 6.25. The Kier molecular flexibility index (Phi) is 7.87. The fraction of sp³-hybridized carbons (Fsp3) is 0.118. The number of carbonyl (C=O) groups excluding carboxylic acids is 2. The number of ether oxygens (including phenoxy) is 4. The Labute approximate surface area is 237 Å². The lowest BCUT2D eigenvalue weighted by molar-refractivity contribution is 0.100. The molecule has 5 rings (SSSR count). The third-order valence-electron chi connectivity index (χ3n) is 6.74. The van der Waals surface area contributed by atoms with E-state index >= 15 is 0 Å². The van der Waals surface area contributed by atoms with Gasteiger partial charge in [-0.25, -0.2) is 0 Å². The summed E-state index contributed by atoms with van der Waals surface area (Å²) < 4.78 is 28.3. The van der Waals surface area contributed by atoms with E-state index in [0.717, 1.165) is 0 Å². The van der Waals surface area contributed by atoms with E-state index in [1.54, 1.807) is 36.4 Å². The maximum atomic E-state index is 14.5. The smallest absolute Gasteiger partial charge is 0.201 e. The maximum absolute atomic E-state index is 14.5. The van der Waals surface area contributed by atoms with Crippen LogP contribution >= 0.6 is 0 Å². The zero-order chi connectivity index (χ0) is 28.9. The van der Waals surface area contributed by atoms with Crippen LogP contribution in [-0.4, -0.2) is 40.0 Å². The average molecular weight is 549 g/mol. The SMILES string of the molecule is COc1ccc(C(=O)c2c(-c3ccccc3)oc(-c3ccccc3)c2C(=O)c2ccc(OC)cc2OC)c(OC)c1. The summed E-state index contributed by atoms with van der Waals surface area (Å²) in [4.78, 5) is 29.0. The molecular formula is C34H28O7. The second kappa shape index (κ2) is 11.8. The number of ketones is 2. The van der Waals surface area contributed by atoms with Crippen LogP contribution in [0.5, 0.6) is 23.0 Å². The number of carbonyl (C=O) groups is 2. The lowest BCUT2D eigenvalue weighted by atomic mass is 9.90. The summed E-state index contributed by atoms with van der Waals surface area (Å²) in [6.45, 7) is 0. The molecule has 0 N–H and O–H groups in total. The number of benzene rings is 4. The van der Waals surface area contributed by atoms with Crippen molar-refractivity contribution in [3.05, 3.63) is 119 Å². The van der Waals surface area contributed by atoms with Crippen LogP contribution in [0.4, 0.5) is 0 Å². The van der Waals surface area contributed by atoms with E-state index < -0.39 is 11.6 Å². The maximum Gasteiger partial charge on any atom is 0.201 e.